The van der Waals surface area contributed by atoms with Crippen molar-refractivity contribution >= 4 is 17.8 Å². The van der Waals surface area contributed by atoms with Crippen LogP contribution < -0.4 is 4.74 Å². The molecule has 0 radical (unpaired) electrons. The van der Waals surface area contributed by atoms with Crippen molar-refractivity contribution in [3.63, 3.8) is 0 Å². The fourth-order valence-corrected chi connectivity index (χ4v) is 3.63. The zero-order valence-corrected chi connectivity index (χ0v) is 17.8. The SMILES string of the molecule is COc1ccc(/C=C/C2=Nc3c(c(C)nn3-c3ccccc3)C(C(F)(F)F)(C(F)(F)F)O2)cc1. The Balaban J connectivity index is 1.93. The van der Waals surface area contributed by atoms with Crippen molar-refractivity contribution < 1.29 is 35.8 Å². The summed E-state index contributed by atoms with van der Waals surface area (Å²) in [6.07, 6.45) is -9.47. The Hall–Kier alpha value is -3.76. The molecule has 0 aliphatic carbocycles. The van der Waals surface area contributed by atoms with Crippen LogP contribution in [-0.2, 0) is 10.3 Å². The van der Waals surface area contributed by atoms with E-state index in [4.69, 9.17) is 4.74 Å². The molecule has 0 atom stereocenters. The van der Waals surface area contributed by atoms with Crippen molar-refractivity contribution in [1.29, 1.82) is 0 Å². The summed E-state index contributed by atoms with van der Waals surface area (Å²) >= 11 is 0. The van der Waals surface area contributed by atoms with Crippen LogP contribution in [-0.4, -0.2) is 35.1 Å². The molecule has 0 amide bonds. The molecule has 0 saturated carbocycles. The molecule has 1 aromatic heterocycles. The van der Waals surface area contributed by atoms with Gasteiger partial charge in [0, 0.05) is 6.08 Å². The number of rotatable bonds is 4. The Bertz CT molecular complexity index is 1230. The molecule has 5 nitrogen and oxygen atoms in total. The Morgan fingerprint density at radius 1 is 0.912 bits per heavy atom. The van der Waals surface area contributed by atoms with Crippen molar-refractivity contribution in [3.05, 3.63) is 77.5 Å². The Labute approximate surface area is 189 Å². The van der Waals surface area contributed by atoms with Gasteiger partial charge >= 0.3 is 18.0 Å². The maximum atomic E-state index is 14.2. The predicted molar refractivity (Wildman–Crippen MR) is 112 cm³/mol. The number of hydrogen-bond acceptors (Lipinski definition) is 4. The van der Waals surface area contributed by atoms with E-state index < -0.39 is 40.9 Å². The molecular formula is C23H17F6N3O2. The minimum Gasteiger partial charge on any atom is -0.497 e. The first-order valence-corrected chi connectivity index (χ1v) is 9.87. The summed E-state index contributed by atoms with van der Waals surface area (Å²) in [4.78, 5) is 4.00. The molecule has 0 fully saturated rings. The normalized spacial score (nSPS) is 15.6. The highest BCUT2D eigenvalue weighted by Gasteiger charge is 2.77. The Morgan fingerprint density at radius 3 is 2.09 bits per heavy atom. The number of fused-ring (bicyclic) bond motifs is 1. The van der Waals surface area contributed by atoms with Crippen molar-refractivity contribution in [2.45, 2.75) is 24.9 Å². The van der Waals surface area contributed by atoms with Gasteiger partial charge in [-0.15, -0.1) is 0 Å². The number of aliphatic imine (C=N–C) groups is 1. The molecule has 1 aliphatic heterocycles. The van der Waals surface area contributed by atoms with E-state index >= 15 is 0 Å². The highest BCUT2D eigenvalue weighted by molar-refractivity contribution is 5.95. The summed E-state index contributed by atoms with van der Waals surface area (Å²) in [6.45, 7) is 1.06. The van der Waals surface area contributed by atoms with E-state index in [1.807, 2.05) is 0 Å². The number of para-hydroxylation sites is 1. The lowest BCUT2D eigenvalue weighted by Crippen LogP contribution is -2.57. The maximum Gasteiger partial charge on any atom is 0.442 e. The molecule has 0 N–H and O–H groups in total. The van der Waals surface area contributed by atoms with Crippen LogP contribution in [0.1, 0.15) is 16.8 Å². The van der Waals surface area contributed by atoms with E-state index in [1.165, 1.54) is 25.3 Å². The standard InChI is InChI=1S/C23H17F6N3O2/c1-14-19-20(32(31-14)16-6-4-3-5-7-16)30-18(13-10-15-8-11-17(33-2)12-9-15)34-21(19,22(24,25)26)23(27,28)29/h3-13H,1-2H3/b13-10+. The summed E-state index contributed by atoms with van der Waals surface area (Å²) in [5.74, 6) is -0.947. The summed E-state index contributed by atoms with van der Waals surface area (Å²) in [5, 5.41) is 3.95. The number of methoxy groups -OCH3 is 1. The maximum absolute atomic E-state index is 14.2. The largest absolute Gasteiger partial charge is 0.497 e. The average Bonchev–Trinajstić information content (AvgIpc) is 3.13. The highest BCUT2D eigenvalue weighted by Crippen LogP contribution is 2.58. The minimum atomic E-state index is -5.86. The van der Waals surface area contributed by atoms with Gasteiger partial charge in [-0.25, -0.2) is 4.68 Å². The second-order valence-electron chi connectivity index (χ2n) is 7.37. The van der Waals surface area contributed by atoms with Crippen molar-refractivity contribution in [2.75, 3.05) is 7.11 Å². The Morgan fingerprint density at radius 2 is 1.53 bits per heavy atom. The third-order valence-corrected chi connectivity index (χ3v) is 5.20. The first kappa shape index (κ1) is 23.4. The van der Waals surface area contributed by atoms with Gasteiger partial charge in [-0.3, -0.25) is 0 Å². The number of ether oxygens (including phenoxy) is 2. The van der Waals surface area contributed by atoms with E-state index in [-0.39, 0.29) is 5.69 Å². The molecule has 1 aliphatic rings. The molecule has 0 unspecified atom stereocenters. The highest BCUT2D eigenvalue weighted by atomic mass is 19.4. The number of halogens is 6. The first-order valence-electron chi connectivity index (χ1n) is 9.87. The van der Waals surface area contributed by atoms with E-state index in [1.54, 1.807) is 42.5 Å². The number of nitrogens with zero attached hydrogens (tertiary/aromatic N) is 3. The zero-order chi connectivity index (χ0) is 24.7. The summed E-state index contributed by atoms with van der Waals surface area (Å²) in [7, 11) is 1.46. The number of benzene rings is 2. The topological polar surface area (TPSA) is 48.6 Å². The number of alkyl halides is 6. The smallest absolute Gasteiger partial charge is 0.442 e. The fraction of sp³-hybridized carbons (Fsp3) is 0.217. The second kappa shape index (κ2) is 8.23. The van der Waals surface area contributed by atoms with E-state index in [9.17, 15) is 26.3 Å². The molecule has 34 heavy (non-hydrogen) atoms. The molecule has 178 valence electrons. The summed E-state index contributed by atoms with van der Waals surface area (Å²) in [5.41, 5.74) is -5.62. The van der Waals surface area contributed by atoms with Crippen LogP contribution in [0.2, 0.25) is 0 Å². The Kier molecular flexibility index (Phi) is 5.66. The van der Waals surface area contributed by atoms with Crippen molar-refractivity contribution in [1.82, 2.24) is 9.78 Å². The number of hydrogen-bond donors (Lipinski definition) is 0. The number of aromatic nitrogens is 2. The van der Waals surface area contributed by atoms with Gasteiger partial charge in [0.25, 0.3) is 0 Å². The molecule has 0 bridgehead atoms. The summed E-state index contributed by atoms with van der Waals surface area (Å²) < 4.78 is 95.9. The van der Waals surface area contributed by atoms with Gasteiger partial charge in [-0.1, -0.05) is 30.3 Å². The third-order valence-electron chi connectivity index (χ3n) is 5.20. The van der Waals surface area contributed by atoms with Crippen LogP contribution in [0.5, 0.6) is 5.75 Å². The van der Waals surface area contributed by atoms with Crippen LogP contribution in [0.4, 0.5) is 32.2 Å². The molecule has 3 aromatic rings. The van der Waals surface area contributed by atoms with Crippen LogP contribution >= 0.6 is 0 Å². The lowest BCUT2D eigenvalue weighted by molar-refractivity contribution is -0.370. The average molecular weight is 481 g/mol. The monoisotopic (exact) mass is 481 g/mol. The first-order chi connectivity index (χ1) is 16.0. The van der Waals surface area contributed by atoms with Gasteiger partial charge in [0.15, 0.2) is 5.82 Å². The molecule has 2 aromatic carbocycles. The predicted octanol–water partition coefficient (Wildman–Crippen LogP) is 6.28. The van der Waals surface area contributed by atoms with Crippen LogP contribution in [0.3, 0.4) is 0 Å². The molecule has 0 saturated heterocycles. The van der Waals surface area contributed by atoms with E-state index in [0.29, 0.717) is 11.3 Å². The molecular weight excluding hydrogens is 464 g/mol. The molecule has 4 rings (SSSR count). The van der Waals surface area contributed by atoms with Crippen LogP contribution in [0, 0.1) is 6.92 Å². The quantitative estimate of drug-likeness (QED) is 0.412. The van der Waals surface area contributed by atoms with E-state index in [0.717, 1.165) is 17.7 Å². The summed E-state index contributed by atoms with van der Waals surface area (Å²) in [6, 6.07) is 14.1. The van der Waals surface area contributed by atoms with Crippen LogP contribution in [0.25, 0.3) is 11.8 Å². The van der Waals surface area contributed by atoms with Crippen LogP contribution in [0.15, 0.2) is 65.7 Å². The second-order valence-corrected chi connectivity index (χ2v) is 7.37. The lowest BCUT2D eigenvalue weighted by atomic mass is 9.90. The van der Waals surface area contributed by atoms with Gasteiger partial charge in [0.2, 0.25) is 5.90 Å². The van der Waals surface area contributed by atoms with Gasteiger partial charge in [0.1, 0.15) is 5.75 Å². The van der Waals surface area contributed by atoms with Crippen molar-refractivity contribution in [2.24, 2.45) is 4.99 Å². The van der Waals surface area contributed by atoms with Gasteiger partial charge in [-0.2, -0.15) is 36.4 Å². The molecule has 2 heterocycles. The minimum absolute atomic E-state index is 0.245. The lowest BCUT2D eigenvalue weighted by Gasteiger charge is -2.39. The van der Waals surface area contributed by atoms with Gasteiger partial charge in [0.05, 0.1) is 24.1 Å². The molecule has 0 spiro atoms. The number of aryl methyl sites for hydroxylation is 1. The zero-order valence-electron chi connectivity index (χ0n) is 17.8. The third kappa shape index (κ3) is 3.80. The fourth-order valence-electron chi connectivity index (χ4n) is 3.63. The van der Waals surface area contributed by atoms with Gasteiger partial charge < -0.3 is 9.47 Å². The van der Waals surface area contributed by atoms with E-state index in [2.05, 4.69) is 14.8 Å². The van der Waals surface area contributed by atoms with Crippen molar-refractivity contribution in [3.8, 4) is 11.4 Å². The van der Waals surface area contributed by atoms with Gasteiger partial charge in [-0.05, 0) is 42.8 Å². The molecule has 11 heteroatoms.